The van der Waals surface area contributed by atoms with Gasteiger partial charge in [0.1, 0.15) is 0 Å². The van der Waals surface area contributed by atoms with Gasteiger partial charge in [0.2, 0.25) is 0 Å². The predicted octanol–water partition coefficient (Wildman–Crippen LogP) is 3.12. The minimum atomic E-state index is -0.345. The summed E-state index contributed by atoms with van der Waals surface area (Å²) in [5, 5.41) is 1.62. The van der Waals surface area contributed by atoms with Crippen molar-refractivity contribution in [3.8, 4) is 0 Å². The molecular weight excluding hydrogens is 266 g/mol. The number of rotatable bonds is 5. The first-order chi connectivity index (χ1) is 9.17. The second-order valence-corrected chi connectivity index (χ2v) is 4.65. The topological polar surface area (TPSA) is 40.5 Å². The lowest BCUT2D eigenvalue weighted by Crippen LogP contribution is -2.03. The third-order valence-corrected chi connectivity index (χ3v) is 3.30. The molecule has 0 saturated carbocycles. The molecule has 19 heavy (non-hydrogen) atoms. The van der Waals surface area contributed by atoms with E-state index in [1.807, 2.05) is 16.8 Å². The van der Waals surface area contributed by atoms with Gasteiger partial charge in [-0.25, -0.2) is 4.79 Å². The van der Waals surface area contributed by atoms with Crippen LogP contribution >= 0.6 is 11.6 Å². The molecule has 5 heteroatoms. The van der Waals surface area contributed by atoms with Gasteiger partial charge in [0.25, 0.3) is 0 Å². The second-order valence-electron chi connectivity index (χ2n) is 4.24. The van der Waals surface area contributed by atoms with Crippen LogP contribution in [0.25, 0.3) is 10.9 Å². The van der Waals surface area contributed by atoms with Crippen molar-refractivity contribution >= 4 is 28.5 Å². The van der Waals surface area contributed by atoms with E-state index < -0.39 is 0 Å². The number of esters is 1. The Morgan fingerprint density at radius 2 is 2.16 bits per heavy atom. The first kappa shape index (κ1) is 13.9. The molecular formula is C14H16ClNO3. The Morgan fingerprint density at radius 1 is 1.37 bits per heavy atom. The van der Waals surface area contributed by atoms with E-state index in [0.29, 0.717) is 17.2 Å². The number of methoxy groups -OCH3 is 2. The second kappa shape index (κ2) is 6.08. The van der Waals surface area contributed by atoms with Gasteiger partial charge in [0, 0.05) is 31.8 Å². The van der Waals surface area contributed by atoms with E-state index in [0.717, 1.165) is 23.9 Å². The third kappa shape index (κ3) is 2.91. The number of nitrogens with zero attached hydrogens (tertiary/aromatic N) is 1. The number of carbonyl (C=O) groups is 1. The van der Waals surface area contributed by atoms with E-state index in [1.54, 1.807) is 19.2 Å². The van der Waals surface area contributed by atoms with Gasteiger partial charge < -0.3 is 14.0 Å². The molecule has 0 aliphatic rings. The van der Waals surface area contributed by atoms with Gasteiger partial charge in [-0.15, -0.1) is 0 Å². The summed E-state index contributed by atoms with van der Waals surface area (Å²) in [6.45, 7) is 1.48. The van der Waals surface area contributed by atoms with Crippen LogP contribution in [0, 0.1) is 0 Å². The molecule has 0 saturated heterocycles. The van der Waals surface area contributed by atoms with Gasteiger partial charge in [-0.3, -0.25) is 0 Å². The van der Waals surface area contributed by atoms with Crippen LogP contribution in [0.4, 0.5) is 0 Å². The van der Waals surface area contributed by atoms with Crippen molar-refractivity contribution in [2.45, 2.75) is 13.0 Å². The summed E-state index contributed by atoms with van der Waals surface area (Å²) in [4.78, 5) is 11.6. The average Bonchev–Trinajstić information content (AvgIpc) is 2.74. The smallest absolute Gasteiger partial charge is 0.337 e. The molecule has 0 aliphatic carbocycles. The molecule has 0 aliphatic heterocycles. The Hall–Kier alpha value is -1.52. The van der Waals surface area contributed by atoms with Crippen LogP contribution in [0.15, 0.2) is 24.4 Å². The lowest BCUT2D eigenvalue weighted by atomic mass is 10.1. The van der Waals surface area contributed by atoms with Gasteiger partial charge in [-0.2, -0.15) is 0 Å². The first-order valence-corrected chi connectivity index (χ1v) is 6.41. The quantitative estimate of drug-likeness (QED) is 0.624. The highest BCUT2D eigenvalue weighted by Gasteiger charge is 2.11. The lowest BCUT2D eigenvalue weighted by Gasteiger charge is -2.06. The largest absolute Gasteiger partial charge is 0.465 e. The van der Waals surface area contributed by atoms with Crippen molar-refractivity contribution in [1.82, 2.24) is 4.57 Å². The number of aryl methyl sites for hydroxylation is 1. The number of hydrogen-bond donors (Lipinski definition) is 0. The number of halogens is 1. The molecule has 0 fully saturated rings. The molecule has 0 N–H and O–H groups in total. The minimum absolute atomic E-state index is 0.345. The number of benzene rings is 1. The molecule has 102 valence electrons. The molecule has 0 unspecified atom stereocenters. The Bertz CT molecular complexity index is 592. The molecule has 0 spiro atoms. The normalized spacial score (nSPS) is 10.9. The zero-order valence-electron chi connectivity index (χ0n) is 11.0. The van der Waals surface area contributed by atoms with Crippen molar-refractivity contribution in [1.29, 1.82) is 0 Å². The van der Waals surface area contributed by atoms with E-state index in [-0.39, 0.29) is 5.97 Å². The lowest BCUT2D eigenvalue weighted by molar-refractivity contribution is 0.0601. The van der Waals surface area contributed by atoms with Gasteiger partial charge >= 0.3 is 5.97 Å². The fourth-order valence-corrected chi connectivity index (χ4v) is 2.33. The number of carbonyl (C=O) groups excluding carboxylic acids is 1. The van der Waals surface area contributed by atoms with Crippen LogP contribution in [0.1, 0.15) is 16.8 Å². The summed E-state index contributed by atoms with van der Waals surface area (Å²) in [6.07, 6.45) is 2.77. The van der Waals surface area contributed by atoms with E-state index in [2.05, 4.69) is 0 Å². The van der Waals surface area contributed by atoms with Crippen LogP contribution in [-0.4, -0.2) is 31.4 Å². The summed E-state index contributed by atoms with van der Waals surface area (Å²) in [5.74, 6) is -0.345. The molecule has 2 aromatic rings. The predicted molar refractivity (Wildman–Crippen MR) is 74.8 cm³/mol. The number of aromatic nitrogens is 1. The molecule has 1 aromatic heterocycles. The zero-order valence-corrected chi connectivity index (χ0v) is 11.7. The Morgan fingerprint density at radius 3 is 2.84 bits per heavy atom. The summed E-state index contributed by atoms with van der Waals surface area (Å²) in [6, 6.07) is 5.37. The summed E-state index contributed by atoms with van der Waals surface area (Å²) in [7, 11) is 3.05. The SMILES string of the molecule is COCCCn1cc(Cl)c2ccc(C(=O)OC)cc21. The summed E-state index contributed by atoms with van der Waals surface area (Å²) >= 11 is 6.19. The van der Waals surface area contributed by atoms with Crippen molar-refractivity contribution in [3.63, 3.8) is 0 Å². The minimum Gasteiger partial charge on any atom is -0.465 e. The summed E-state index contributed by atoms with van der Waals surface area (Å²) < 4.78 is 11.8. The van der Waals surface area contributed by atoms with E-state index in [9.17, 15) is 4.79 Å². The van der Waals surface area contributed by atoms with Crippen LogP contribution in [0.5, 0.6) is 0 Å². The standard InChI is InChI=1S/C14H16ClNO3/c1-18-7-3-6-16-9-12(15)11-5-4-10(8-13(11)16)14(17)19-2/h4-5,8-9H,3,6-7H2,1-2H3. The van der Waals surface area contributed by atoms with Crippen LogP contribution < -0.4 is 0 Å². The summed E-state index contributed by atoms with van der Waals surface area (Å²) in [5.41, 5.74) is 1.46. The van der Waals surface area contributed by atoms with Crippen molar-refractivity contribution in [2.75, 3.05) is 20.8 Å². The molecule has 0 radical (unpaired) electrons. The first-order valence-electron chi connectivity index (χ1n) is 6.03. The molecule has 1 heterocycles. The van der Waals surface area contributed by atoms with E-state index >= 15 is 0 Å². The highest BCUT2D eigenvalue weighted by Crippen LogP contribution is 2.27. The van der Waals surface area contributed by atoms with Gasteiger partial charge in [0.15, 0.2) is 0 Å². The fourth-order valence-electron chi connectivity index (χ4n) is 2.06. The number of fused-ring (bicyclic) bond motifs is 1. The number of hydrogen-bond acceptors (Lipinski definition) is 3. The van der Waals surface area contributed by atoms with Gasteiger partial charge in [-0.05, 0) is 18.6 Å². The van der Waals surface area contributed by atoms with Crippen LogP contribution in [0.2, 0.25) is 5.02 Å². The zero-order chi connectivity index (χ0) is 13.8. The molecule has 2 rings (SSSR count). The average molecular weight is 282 g/mol. The molecule has 0 bridgehead atoms. The van der Waals surface area contributed by atoms with E-state index in [1.165, 1.54) is 7.11 Å². The van der Waals surface area contributed by atoms with Crippen LogP contribution in [-0.2, 0) is 16.0 Å². The van der Waals surface area contributed by atoms with Crippen molar-refractivity contribution < 1.29 is 14.3 Å². The Labute approximate surface area is 116 Å². The maximum Gasteiger partial charge on any atom is 0.337 e. The molecule has 0 amide bonds. The molecule has 1 aromatic carbocycles. The van der Waals surface area contributed by atoms with E-state index in [4.69, 9.17) is 21.1 Å². The van der Waals surface area contributed by atoms with Gasteiger partial charge in [-0.1, -0.05) is 17.7 Å². The maximum absolute atomic E-state index is 11.6. The monoisotopic (exact) mass is 281 g/mol. The molecule has 0 atom stereocenters. The van der Waals surface area contributed by atoms with Crippen molar-refractivity contribution in [2.24, 2.45) is 0 Å². The fraction of sp³-hybridized carbons (Fsp3) is 0.357. The van der Waals surface area contributed by atoms with Crippen molar-refractivity contribution in [3.05, 3.63) is 35.0 Å². The third-order valence-electron chi connectivity index (χ3n) is 3.00. The molecule has 4 nitrogen and oxygen atoms in total. The highest BCUT2D eigenvalue weighted by molar-refractivity contribution is 6.35. The Balaban J connectivity index is 2.37. The highest BCUT2D eigenvalue weighted by atomic mass is 35.5. The Kier molecular flexibility index (Phi) is 4.45. The number of ether oxygens (including phenoxy) is 2. The van der Waals surface area contributed by atoms with Crippen LogP contribution in [0.3, 0.4) is 0 Å². The maximum atomic E-state index is 11.6. The van der Waals surface area contributed by atoms with Gasteiger partial charge in [0.05, 0.1) is 23.2 Å².